The summed E-state index contributed by atoms with van der Waals surface area (Å²) in [6.07, 6.45) is 6.89. The molecule has 2 aromatic rings. The van der Waals surface area contributed by atoms with E-state index in [2.05, 4.69) is 11.9 Å². The average Bonchev–Trinajstić information content (AvgIpc) is 3.70. The standard InChI is InChI=1S/C30H38N4O7/c1-3-4-12-34(21-7-5-10-31-16-21)27(36)18-33-17-22(20-14-24(39-2)29-25(15-20)40-19-41-29)28(30(37)38)23(33)9-13-32-11-6-8-26(32)35/h5,7,10,14-16,22-23,28H,3-4,6,8-9,11-13,17-19H2,1-2H3,(H,37,38)/t22-,23+,28-/m1/s1. The van der Waals surface area contributed by atoms with Crippen molar-refractivity contribution in [2.45, 2.75) is 51.0 Å². The summed E-state index contributed by atoms with van der Waals surface area (Å²) in [7, 11) is 1.54. The van der Waals surface area contributed by atoms with E-state index in [0.717, 1.165) is 30.5 Å². The molecule has 1 N–H and O–H groups in total. The number of ether oxygens (including phenoxy) is 3. The molecule has 0 aliphatic carbocycles. The first-order valence-corrected chi connectivity index (χ1v) is 14.3. The van der Waals surface area contributed by atoms with Gasteiger partial charge in [-0.15, -0.1) is 0 Å². The summed E-state index contributed by atoms with van der Waals surface area (Å²) in [6.45, 7) is 4.24. The van der Waals surface area contributed by atoms with Crippen LogP contribution in [0.2, 0.25) is 0 Å². The number of aromatic nitrogens is 1. The van der Waals surface area contributed by atoms with Crippen LogP contribution in [0.1, 0.15) is 50.5 Å². The fourth-order valence-electron chi connectivity index (χ4n) is 6.27. The highest BCUT2D eigenvalue weighted by Gasteiger charge is 2.48. The van der Waals surface area contributed by atoms with E-state index in [9.17, 15) is 19.5 Å². The van der Waals surface area contributed by atoms with E-state index in [1.54, 1.807) is 28.3 Å². The molecule has 0 radical (unpaired) electrons. The van der Waals surface area contributed by atoms with Crippen molar-refractivity contribution < 1.29 is 33.7 Å². The van der Waals surface area contributed by atoms with Gasteiger partial charge >= 0.3 is 5.97 Å². The summed E-state index contributed by atoms with van der Waals surface area (Å²) >= 11 is 0. The van der Waals surface area contributed by atoms with Crippen LogP contribution in [0.15, 0.2) is 36.7 Å². The Morgan fingerprint density at radius 2 is 2.12 bits per heavy atom. The zero-order valence-corrected chi connectivity index (χ0v) is 23.7. The van der Waals surface area contributed by atoms with Crippen molar-refractivity contribution in [3.05, 3.63) is 42.2 Å². The van der Waals surface area contributed by atoms with Crippen molar-refractivity contribution in [1.29, 1.82) is 0 Å². The number of unbranched alkanes of at least 4 members (excludes halogenated alkanes) is 1. The lowest BCUT2D eigenvalue weighted by molar-refractivity contribution is -0.143. The van der Waals surface area contributed by atoms with Crippen molar-refractivity contribution in [2.24, 2.45) is 5.92 Å². The van der Waals surface area contributed by atoms with Gasteiger partial charge in [0.05, 0.1) is 31.5 Å². The van der Waals surface area contributed by atoms with Crippen molar-refractivity contribution >= 4 is 23.5 Å². The van der Waals surface area contributed by atoms with Crippen molar-refractivity contribution in [2.75, 3.05) is 51.5 Å². The summed E-state index contributed by atoms with van der Waals surface area (Å²) in [6, 6.07) is 6.85. The number of carbonyl (C=O) groups is 3. The molecule has 11 nitrogen and oxygen atoms in total. The SMILES string of the molecule is CCCCN(C(=O)CN1C[C@H](c2cc(OC)c3c(c2)OCO3)[C@@H](C(=O)O)[C@@H]1CCN1CCCC1=O)c1cccnc1. The van der Waals surface area contributed by atoms with Crippen LogP contribution in [-0.2, 0) is 14.4 Å². The van der Waals surface area contributed by atoms with Crippen molar-refractivity contribution in [1.82, 2.24) is 14.8 Å². The molecule has 0 spiro atoms. The van der Waals surface area contributed by atoms with Gasteiger partial charge in [-0.05, 0) is 49.1 Å². The molecule has 41 heavy (non-hydrogen) atoms. The first kappa shape index (κ1) is 28.7. The second-order valence-electron chi connectivity index (χ2n) is 10.8. The van der Waals surface area contributed by atoms with Gasteiger partial charge in [0.2, 0.25) is 24.4 Å². The lowest BCUT2D eigenvalue weighted by Crippen LogP contribution is -2.45. The summed E-state index contributed by atoms with van der Waals surface area (Å²) in [5, 5.41) is 10.5. The molecule has 5 rings (SSSR count). The molecular formula is C30H38N4O7. The van der Waals surface area contributed by atoms with Gasteiger partial charge in [-0.3, -0.25) is 24.3 Å². The van der Waals surface area contributed by atoms with E-state index >= 15 is 0 Å². The number of carbonyl (C=O) groups excluding carboxylic acids is 2. The van der Waals surface area contributed by atoms with Crippen LogP contribution in [0.4, 0.5) is 5.69 Å². The molecule has 0 saturated carbocycles. The fourth-order valence-corrected chi connectivity index (χ4v) is 6.27. The third-order valence-electron chi connectivity index (χ3n) is 8.34. The van der Waals surface area contributed by atoms with Crippen LogP contribution < -0.4 is 19.1 Å². The van der Waals surface area contributed by atoms with Crippen molar-refractivity contribution in [3.63, 3.8) is 0 Å². The minimum Gasteiger partial charge on any atom is -0.493 e. The molecule has 2 saturated heterocycles. The molecule has 3 aliphatic rings. The number of aliphatic carboxylic acids is 1. The Bertz CT molecular complexity index is 1260. The Kier molecular flexibility index (Phi) is 8.92. The van der Waals surface area contributed by atoms with Crippen LogP contribution in [0.5, 0.6) is 17.2 Å². The van der Waals surface area contributed by atoms with Gasteiger partial charge in [-0.1, -0.05) is 13.3 Å². The van der Waals surface area contributed by atoms with Crippen molar-refractivity contribution in [3.8, 4) is 17.2 Å². The molecule has 4 heterocycles. The molecule has 220 valence electrons. The van der Waals surface area contributed by atoms with Gasteiger partial charge in [-0.25, -0.2) is 0 Å². The smallest absolute Gasteiger partial charge is 0.308 e. The monoisotopic (exact) mass is 566 g/mol. The van der Waals surface area contributed by atoms with Crippen LogP contribution in [0, 0.1) is 5.92 Å². The van der Waals surface area contributed by atoms with Gasteiger partial charge in [-0.2, -0.15) is 0 Å². The number of rotatable bonds is 12. The van der Waals surface area contributed by atoms with Crippen LogP contribution in [0.25, 0.3) is 0 Å². The topological polar surface area (TPSA) is 122 Å². The summed E-state index contributed by atoms with van der Waals surface area (Å²) in [4.78, 5) is 48.8. The number of carboxylic acid groups (broad SMARTS) is 1. The number of hydrogen-bond donors (Lipinski definition) is 1. The lowest BCUT2D eigenvalue weighted by Gasteiger charge is -2.30. The highest BCUT2D eigenvalue weighted by molar-refractivity contribution is 5.94. The fraction of sp³-hybridized carbons (Fsp3) is 0.533. The number of anilines is 1. The maximum atomic E-state index is 13.8. The molecule has 0 unspecified atom stereocenters. The number of benzene rings is 1. The molecule has 3 atom stereocenters. The molecule has 11 heteroatoms. The van der Waals surface area contributed by atoms with E-state index in [0.29, 0.717) is 56.3 Å². The molecule has 1 aromatic heterocycles. The maximum Gasteiger partial charge on any atom is 0.308 e. The number of nitrogens with zero attached hydrogens (tertiary/aromatic N) is 4. The Balaban J connectivity index is 1.45. The van der Waals surface area contributed by atoms with E-state index < -0.39 is 23.8 Å². The van der Waals surface area contributed by atoms with Crippen LogP contribution in [-0.4, -0.2) is 90.3 Å². The van der Waals surface area contributed by atoms with Gasteiger partial charge < -0.3 is 29.1 Å². The van der Waals surface area contributed by atoms with Crippen LogP contribution in [0.3, 0.4) is 0 Å². The Hall–Kier alpha value is -3.86. The number of fused-ring (bicyclic) bond motifs is 1. The first-order valence-electron chi connectivity index (χ1n) is 14.3. The Labute approximate surface area is 240 Å². The molecular weight excluding hydrogens is 528 g/mol. The summed E-state index contributed by atoms with van der Waals surface area (Å²) in [5.41, 5.74) is 1.47. The molecule has 1 aromatic carbocycles. The molecule has 0 bridgehead atoms. The normalized spacial score (nSPS) is 21.9. The summed E-state index contributed by atoms with van der Waals surface area (Å²) in [5.74, 6) is -0.679. The highest BCUT2D eigenvalue weighted by Crippen LogP contribution is 2.47. The number of amides is 2. The van der Waals surface area contributed by atoms with Crippen LogP contribution >= 0.6 is 0 Å². The second kappa shape index (κ2) is 12.8. The van der Waals surface area contributed by atoms with E-state index in [-0.39, 0.29) is 25.2 Å². The quantitative estimate of drug-likeness (QED) is 0.413. The second-order valence-corrected chi connectivity index (χ2v) is 10.8. The number of likely N-dealkylation sites (tertiary alicyclic amines) is 2. The summed E-state index contributed by atoms with van der Waals surface area (Å²) < 4.78 is 16.7. The van der Waals surface area contributed by atoms with Gasteiger partial charge in [0.25, 0.3) is 0 Å². The average molecular weight is 567 g/mol. The van der Waals surface area contributed by atoms with E-state index in [4.69, 9.17) is 14.2 Å². The third-order valence-corrected chi connectivity index (χ3v) is 8.34. The molecule has 3 aliphatic heterocycles. The predicted octanol–water partition coefficient (Wildman–Crippen LogP) is 3.13. The maximum absolute atomic E-state index is 13.8. The van der Waals surface area contributed by atoms with E-state index in [1.165, 1.54) is 7.11 Å². The number of carboxylic acids is 1. The largest absolute Gasteiger partial charge is 0.493 e. The number of hydrogen-bond acceptors (Lipinski definition) is 8. The third kappa shape index (κ3) is 6.09. The number of pyridine rings is 1. The van der Waals surface area contributed by atoms with Gasteiger partial charge in [0.15, 0.2) is 11.5 Å². The van der Waals surface area contributed by atoms with Gasteiger partial charge in [0, 0.05) is 50.8 Å². The minimum absolute atomic E-state index is 0.0548. The Morgan fingerprint density at radius 1 is 1.27 bits per heavy atom. The molecule has 2 amide bonds. The minimum atomic E-state index is -0.936. The number of methoxy groups -OCH3 is 1. The predicted molar refractivity (Wildman–Crippen MR) is 150 cm³/mol. The Morgan fingerprint density at radius 3 is 2.80 bits per heavy atom. The van der Waals surface area contributed by atoms with Gasteiger partial charge in [0.1, 0.15) is 0 Å². The first-order chi connectivity index (χ1) is 19.9. The highest BCUT2D eigenvalue weighted by atomic mass is 16.7. The van der Waals surface area contributed by atoms with E-state index in [1.807, 2.05) is 23.1 Å². The lowest BCUT2D eigenvalue weighted by atomic mass is 9.84. The zero-order chi connectivity index (χ0) is 28.9. The zero-order valence-electron chi connectivity index (χ0n) is 23.7. The molecule has 2 fully saturated rings.